The van der Waals surface area contributed by atoms with Crippen molar-refractivity contribution in [3.8, 4) is 5.75 Å². The Morgan fingerprint density at radius 3 is 2.56 bits per heavy atom. The average Bonchev–Trinajstić information content (AvgIpc) is 3.40. The monoisotopic (exact) mass is 538 g/mol. The second-order valence-corrected chi connectivity index (χ2v) is 10.2. The molecular formula is C26H26N4O9. The predicted molar refractivity (Wildman–Crippen MR) is 131 cm³/mol. The van der Waals surface area contributed by atoms with Gasteiger partial charge in [0.15, 0.2) is 11.4 Å². The fraction of sp³-hybridized carbons (Fsp3) is 0.346. The maximum Gasteiger partial charge on any atom is 0.256 e. The number of hydrogen-bond acceptors (Lipinski definition) is 11. The smallest absolute Gasteiger partial charge is 0.256 e. The molecule has 2 aromatic rings. The Morgan fingerprint density at radius 1 is 1.23 bits per heavy atom. The molecule has 4 atom stereocenters. The number of aromatic nitrogens is 1. The minimum Gasteiger partial charge on any atom is -0.510 e. The number of aliphatic hydroxyl groups excluding tert-OH is 2. The number of primary amides is 1. The molecule has 1 aromatic heterocycles. The number of carbonyl (C=O) groups excluding carboxylic acids is 4. The number of nitrogens with one attached hydrogen (secondary N) is 1. The van der Waals surface area contributed by atoms with E-state index < -0.39 is 64.0 Å². The molecule has 0 bridgehead atoms. The lowest BCUT2D eigenvalue weighted by atomic mass is 9.58. The summed E-state index contributed by atoms with van der Waals surface area (Å²) in [5.41, 5.74) is 2.53. The number of likely N-dealkylation sites (N-methyl/N-ethyl adjacent to an activating group) is 1. The molecule has 0 radical (unpaired) electrons. The van der Waals surface area contributed by atoms with Crippen molar-refractivity contribution in [1.82, 2.24) is 15.4 Å². The van der Waals surface area contributed by atoms with Gasteiger partial charge in [-0.05, 0) is 50.0 Å². The maximum absolute atomic E-state index is 13.7. The Hall–Kier alpha value is -4.49. The molecule has 2 amide bonds. The second-order valence-electron chi connectivity index (χ2n) is 10.2. The Balaban J connectivity index is 1.59. The van der Waals surface area contributed by atoms with Gasteiger partial charge in [-0.25, -0.2) is 0 Å². The number of Topliss-reactive ketones (excluding diaryl/α,β-unsaturated/α-hetero) is 2. The number of nitrogens with two attached hydrogens (primary N) is 1. The highest BCUT2D eigenvalue weighted by Crippen LogP contribution is 2.52. The highest BCUT2D eigenvalue weighted by molar-refractivity contribution is 6.24. The van der Waals surface area contributed by atoms with Crippen LogP contribution in [0.1, 0.15) is 38.3 Å². The number of ketones is 2. The summed E-state index contributed by atoms with van der Waals surface area (Å²) in [6.45, 7) is -0.00463. The number of benzene rings is 1. The van der Waals surface area contributed by atoms with E-state index in [9.17, 15) is 39.6 Å². The third-order valence-corrected chi connectivity index (χ3v) is 7.84. The maximum atomic E-state index is 13.7. The summed E-state index contributed by atoms with van der Waals surface area (Å²) in [5, 5.41) is 50.6. The number of rotatable bonds is 5. The summed E-state index contributed by atoms with van der Waals surface area (Å²) in [4.78, 5) is 52.9. The largest absolute Gasteiger partial charge is 0.510 e. The molecule has 0 unspecified atom stereocenters. The van der Waals surface area contributed by atoms with E-state index in [0.717, 1.165) is 0 Å². The van der Waals surface area contributed by atoms with Gasteiger partial charge in [-0.1, -0.05) is 11.2 Å². The molecule has 5 rings (SSSR count). The van der Waals surface area contributed by atoms with E-state index in [1.807, 2.05) is 0 Å². The van der Waals surface area contributed by atoms with Crippen molar-refractivity contribution in [3.05, 3.63) is 69.5 Å². The van der Waals surface area contributed by atoms with Crippen LogP contribution in [0.3, 0.4) is 0 Å². The fourth-order valence-corrected chi connectivity index (χ4v) is 6.08. The van der Waals surface area contributed by atoms with Crippen molar-refractivity contribution >= 4 is 23.4 Å². The number of phenolic OH excluding ortho intramolecular Hbond substituents is 1. The number of nitrogens with zero attached hydrogens (tertiary/aromatic N) is 2. The fourth-order valence-electron chi connectivity index (χ4n) is 6.08. The Morgan fingerprint density at radius 2 is 1.95 bits per heavy atom. The zero-order chi connectivity index (χ0) is 28.4. The molecule has 0 saturated heterocycles. The van der Waals surface area contributed by atoms with Crippen molar-refractivity contribution < 1.29 is 44.1 Å². The Bertz CT molecular complexity index is 1490. The minimum atomic E-state index is -2.70. The van der Waals surface area contributed by atoms with Crippen LogP contribution in [0.25, 0.3) is 0 Å². The van der Waals surface area contributed by atoms with Crippen molar-refractivity contribution in [2.75, 3.05) is 14.1 Å². The van der Waals surface area contributed by atoms with Gasteiger partial charge in [0.25, 0.3) is 11.8 Å². The lowest BCUT2D eigenvalue weighted by Gasteiger charge is -2.50. The molecule has 204 valence electrons. The zero-order valence-electron chi connectivity index (χ0n) is 21.0. The second kappa shape index (κ2) is 9.06. The van der Waals surface area contributed by atoms with Crippen LogP contribution in [0.15, 0.2) is 51.8 Å². The van der Waals surface area contributed by atoms with Crippen LogP contribution in [-0.4, -0.2) is 79.6 Å². The van der Waals surface area contributed by atoms with Crippen LogP contribution in [-0.2, 0) is 22.6 Å². The first-order chi connectivity index (χ1) is 18.4. The van der Waals surface area contributed by atoms with E-state index in [2.05, 4.69) is 15.0 Å². The van der Waals surface area contributed by atoms with E-state index in [0.29, 0.717) is 11.1 Å². The van der Waals surface area contributed by atoms with Gasteiger partial charge in [0.1, 0.15) is 29.1 Å². The highest BCUT2D eigenvalue weighted by atomic mass is 16.5. The molecule has 1 heterocycles. The average molecular weight is 539 g/mol. The SMILES string of the molecule is CN(C)[C@@H]1C(O)=C(C(N)=O)C(=O)[C@@]2(O)C(O)=C3C(=O)c4c(O)ccc(CNC(=O)c5cnoc5)c4C[C@@H]3C[C@H]12. The summed E-state index contributed by atoms with van der Waals surface area (Å²) in [6.07, 6.45) is 2.50. The van der Waals surface area contributed by atoms with E-state index in [1.54, 1.807) is 20.2 Å². The van der Waals surface area contributed by atoms with E-state index in [4.69, 9.17) is 5.73 Å². The minimum absolute atomic E-state index is 0.00463. The number of allylic oxidation sites excluding steroid dienone is 1. The summed E-state index contributed by atoms with van der Waals surface area (Å²) >= 11 is 0. The van der Waals surface area contributed by atoms with Gasteiger partial charge in [0.2, 0.25) is 5.78 Å². The predicted octanol–water partition coefficient (Wildman–Crippen LogP) is 0.0386. The molecule has 0 spiro atoms. The van der Waals surface area contributed by atoms with Gasteiger partial charge in [0, 0.05) is 18.0 Å². The first-order valence-electron chi connectivity index (χ1n) is 12.1. The number of amides is 2. The third kappa shape index (κ3) is 3.72. The van der Waals surface area contributed by atoms with Crippen molar-refractivity contribution in [3.63, 3.8) is 0 Å². The van der Waals surface area contributed by atoms with Gasteiger partial charge < -0.3 is 36.0 Å². The highest BCUT2D eigenvalue weighted by Gasteiger charge is 2.63. The summed E-state index contributed by atoms with van der Waals surface area (Å²) in [6, 6.07) is 1.75. The van der Waals surface area contributed by atoms with E-state index in [-0.39, 0.29) is 41.8 Å². The van der Waals surface area contributed by atoms with Gasteiger partial charge >= 0.3 is 0 Å². The molecule has 0 fully saturated rings. The summed E-state index contributed by atoms with van der Waals surface area (Å²) in [5.74, 6) is -7.66. The molecule has 1 aromatic carbocycles. The molecule has 13 nitrogen and oxygen atoms in total. The molecule has 13 heteroatoms. The van der Waals surface area contributed by atoms with Crippen molar-refractivity contribution in [2.24, 2.45) is 17.6 Å². The van der Waals surface area contributed by atoms with Gasteiger partial charge in [-0.2, -0.15) is 0 Å². The lowest BCUT2D eigenvalue weighted by Crippen LogP contribution is -2.63. The zero-order valence-corrected chi connectivity index (χ0v) is 21.0. The standard InChI is InChI=1S/C26H26N4O9/c1-30(2)19-14-6-11-5-13-10(7-28-25(37)12-8-29-39-9-12)3-4-15(31)17(13)20(32)16(11)22(34)26(14,38)23(35)18(21(19)33)24(27)36/h3-4,8-9,11,14,19,31,33-34,38H,5-7H2,1-2H3,(H2,27,36)(H,28,37)/t11-,14-,19+,26+/m1/s1. The van der Waals surface area contributed by atoms with Crippen molar-refractivity contribution in [2.45, 2.75) is 31.0 Å². The molecule has 0 saturated carbocycles. The number of phenols is 1. The normalized spacial score (nSPS) is 26.3. The van der Waals surface area contributed by atoms with Gasteiger partial charge in [-0.3, -0.25) is 24.1 Å². The summed E-state index contributed by atoms with van der Waals surface area (Å²) in [7, 11) is 3.11. The van der Waals surface area contributed by atoms with Crippen LogP contribution in [0.5, 0.6) is 5.75 Å². The molecule has 39 heavy (non-hydrogen) atoms. The molecular weight excluding hydrogens is 512 g/mol. The van der Waals surface area contributed by atoms with E-state index >= 15 is 0 Å². The number of hydrogen-bond donors (Lipinski definition) is 6. The molecule has 3 aliphatic carbocycles. The molecule has 0 aliphatic heterocycles. The number of aromatic hydroxyl groups is 1. The van der Waals surface area contributed by atoms with Gasteiger partial charge in [-0.15, -0.1) is 0 Å². The Labute approximate surface area is 221 Å². The van der Waals surface area contributed by atoms with Crippen LogP contribution in [0.2, 0.25) is 0 Å². The van der Waals surface area contributed by atoms with Crippen LogP contribution >= 0.6 is 0 Å². The summed E-state index contributed by atoms with van der Waals surface area (Å²) < 4.78 is 4.68. The number of carbonyl (C=O) groups is 4. The number of aliphatic hydroxyl groups is 3. The molecule has 7 N–H and O–H groups in total. The first kappa shape index (κ1) is 26.1. The first-order valence-corrected chi connectivity index (χ1v) is 12.1. The van der Waals surface area contributed by atoms with Crippen LogP contribution < -0.4 is 11.1 Å². The number of fused-ring (bicyclic) bond motifs is 3. The lowest BCUT2D eigenvalue weighted by molar-refractivity contribution is -0.148. The van der Waals surface area contributed by atoms with Crippen LogP contribution in [0.4, 0.5) is 0 Å². The molecule has 3 aliphatic rings. The Kier molecular flexibility index (Phi) is 6.07. The third-order valence-electron chi connectivity index (χ3n) is 7.84. The van der Waals surface area contributed by atoms with E-state index in [1.165, 1.54) is 23.4 Å². The quantitative estimate of drug-likeness (QED) is 0.279. The van der Waals surface area contributed by atoms with Crippen LogP contribution in [0, 0.1) is 11.8 Å². The van der Waals surface area contributed by atoms with Crippen molar-refractivity contribution in [1.29, 1.82) is 0 Å². The topological polar surface area (TPSA) is 217 Å². The van der Waals surface area contributed by atoms with Gasteiger partial charge in [0.05, 0.1) is 23.4 Å².